The van der Waals surface area contributed by atoms with E-state index in [0.29, 0.717) is 0 Å². The van der Waals surface area contributed by atoms with Gasteiger partial charge in [0.1, 0.15) is 5.82 Å². The zero-order chi connectivity index (χ0) is 23.0. The summed E-state index contributed by atoms with van der Waals surface area (Å²) in [6.45, 7) is 12.2. The van der Waals surface area contributed by atoms with E-state index in [0.717, 1.165) is 38.4 Å². The number of anilines is 1. The van der Waals surface area contributed by atoms with Crippen LogP contribution in [-0.4, -0.2) is 47.5 Å². The molecule has 5 heteroatoms. The fraction of sp³-hybridized carbons (Fsp3) is 0.808. The Morgan fingerprint density at radius 1 is 0.710 bits per heavy atom. The summed E-state index contributed by atoms with van der Waals surface area (Å²) >= 11 is 0. The quantitative estimate of drug-likeness (QED) is 0.251. The van der Waals surface area contributed by atoms with Crippen LogP contribution in [0.5, 0.6) is 0 Å². The zero-order valence-electron chi connectivity index (χ0n) is 21.0. The maximum atomic E-state index is 10.5. The summed E-state index contributed by atoms with van der Waals surface area (Å²) in [5.41, 5.74) is 0. The standard InChI is InChI=1S/C12H26.C9H12N4O.C5H12/c1-3-5-7-9-11-12-10-8-6-4-2;14-8-12-3-5-13(6-4-12)9-7-10-1-2-11-9;1-3-5-4-2/h3-12H2,1-2H3;1-2,7-8H,3-6H2;3-5H2,1-2H3. The molecule has 1 amide bonds. The van der Waals surface area contributed by atoms with Crippen molar-refractivity contribution in [1.29, 1.82) is 0 Å². The number of nitrogens with zero attached hydrogens (tertiary/aromatic N) is 4. The van der Waals surface area contributed by atoms with E-state index in [9.17, 15) is 4.79 Å². The van der Waals surface area contributed by atoms with Crippen LogP contribution in [0.15, 0.2) is 18.6 Å². The van der Waals surface area contributed by atoms with Crippen molar-refractivity contribution in [3.8, 4) is 0 Å². The van der Waals surface area contributed by atoms with Gasteiger partial charge in [-0.1, -0.05) is 111 Å². The van der Waals surface area contributed by atoms with Crippen LogP contribution in [0.4, 0.5) is 5.82 Å². The molecule has 0 aliphatic carbocycles. The average Bonchev–Trinajstić information content (AvgIpc) is 2.83. The van der Waals surface area contributed by atoms with Gasteiger partial charge in [-0.05, 0) is 0 Å². The van der Waals surface area contributed by atoms with Crippen molar-refractivity contribution in [2.24, 2.45) is 0 Å². The van der Waals surface area contributed by atoms with Crippen LogP contribution in [-0.2, 0) is 4.79 Å². The van der Waals surface area contributed by atoms with Crippen molar-refractivity contribution in [3.05, 3.63) is 18.6 Å². The summed E-state index contributed by atoms with van der Waals surface area (Å²) in [5.74, 6) is 0.887. The van der Waals surface area contributed by atoms with Crippen molar-refractivity contribution in [2.75, 3.05) is 31.1 Å². The van der Waals surface area contributed by atoms with Crippen molar-refractivity contribution in [3.63, 3.8) is 0 Å². The van der Waals surface area contributed by atoms with E-state index in [1.165, 1.54) is 83.5 Å². The second kappa shape index (κ2) is 23.0. The first-order valence-electron chi connectivity index (χ1n) is 12.9. The highest BCUT2D eigenvalue weighted by Crippen LogP contribution is 2.11. The minimum atomic E-state index is 0.764. The smallest absolute Gasteiger partial charge is 0.209 e. The Kier molecular flexibility index (Phi) is 21.8. The predicted octanol–water partition coefficient (Wildman–Crippen LogP) is 6.88. The Hall–Kier alpha value is -1.65. The van der Waals surface area contributed by atoms with Gasteiger partial charge in [0.2, 0.25) is 6.41 Å². The Balaban J connectivity index is 0.000000485. The first-order chi connectivity index (χ1) is 15.2. The molecule has 0 unspecified atom stereocenters. The molecule has 0 aromatic carbocycles. The second-order valence-corrected chi connectivity index (χ2v) is 8.37. The third-order valence-corrected chi connectivity index (χ3v) is 5.50. The molecule has 1 aliphatic rings. The van der Waals surface area contributed by atoms with E-state index >= 15 is 0 Å². The minimum absolute atomic E-state index is 0.764. The van der Waals surface area contributed by atoms with Crippen LogP contribution in [0.25, 0.3) is 0 Å². The predicted molar refractivity (Wildman–Crippen MR) is 135 cm³/mol. The van der Waals surface area contributed by atoms with Gasteiger partial charge in [0.15, 0.2) is 0 Å². The van der Waals surface area contributed by atoms with Crippen LogP contribution < -0.4 is 4.90 Å². The van der Waals surface area contributed by atoms with Crippen molar-refractivity contribution in [1.82, 2.24) is 14.9 Å². The number of hydrogen-bond acceptors (Lipinski definition) is 4. The minimum Gasteiger partial charge on any atom is -0.352 e. The topological polar surface area (TPSA) is 49.3 Å². The Labute approximate surface area is 193 Å². The maximum Gasteiger partial charge on any atom is 0.209 e. The van der Waals surface area contributed by atoms with Crippen molar-refractivity contribution < 1.29 is 4.79 Å². The average molecular weight is 435 g/mol. The van der Waals surface area contributed by atoms with Crippen LogP contribution >= 0.6 is 0 Å². The molecular formula is C26H50N4O. The fourth-order valence-corrected chi connectivity index (χ4v) is 3.43. The third-order valence-electron chi connectivity index (χ3n) is 5.50. The van der Waals surface area contributed by atoms with Gasteiger partial charge in [0.25, 0.3) is 0 Å². The lowest BCUT2D eigenvalue weighted by molar-refractivity contribution is -0.118. The number of piperazine rings is 1. The summed E-state index contributed by atoms with van der Waals surface area (Å²) in [6.07, 6.45) is 24.5. The van der Waals surface area contributed by atoms with Gasteiger partial charge in [-0.3, -0.25) is 9.78 Å². The molecule has 1 fully saturated rings. The molecule has 180 valence electrons. The molecule has 2 rings (SSSR count). The number of hydrogen-bond donors (Lipinski definition) is 0. The molecule has 5 nitrogen and oxygen atoms in total. The zero-order valence-corrected chi connectivity index (χ0v) is 21.0. The van der Waals surface area contributed by atoms with Gasteiger partial charge in [0.05, 0.1) is 6.20 Å². The van der Waals surface area contributed by atoms with E-state index in [1.54, 1.807) is 23.5 Å². The summed E-state index contributed by atoms with van der Waals surface area (Å²) < 4.78 is 0. The molecular weight excluding hydrogens is 384 g/mol. The SMILES string of the molecule is CCCCC.CCCCCCCCCCCC.O=CN1CCN(c2cnccn2)CC1. The van der Waals surface area contributed by atoms with Gasteiger partial charge in [-0.2, -0.15) is 0 Å². The summed E-state index contributed by atoms with van der Waals surface area (Å²) in [5, 5.41) is 0. The summed E-state index contributed by atoms with van der Waals surface area (Å²) in [7, 11) is 0. The monoisotopic (exact) mass is 434 g/mol. The molecule has 1 aromatic rings. The van der Waals surface area contributed by atoms with E-state index in [-0.39, 0.29) is 0 Å². The van der Waals surface area contributed by atoms with Crippen LogP contribution in [0.1, 0.15) is 111 Å². The van der Waals surface area contributed by atoms with Crippen LogP contribution in [0.3, 0.4) is 0 Å². The number of aromatic nitrogens is 2. The maximum absolute atomic E-state index is 10.5. The van der Waals surface area contributed by atoms with Gasteiger partial charge in [-0.25, -0.2) is 4.98 Å². The van der Waals surface area contributed by atoms with E-state index < -0.39 is 0 Å². The lowest BCUT2D eigenvalue weighted by Crippen LogP contribution is -2.46. The second-order valence-electron chi connectivity index (χ2n) is 8.37. The molecule has 1 aliphatic heterocycles. The van der Waals surface area contributed by atoms with Crippen molar-refractivity contribution >= 4 is 12.2 Å². The lowest BCUT2D eigenvalue weighted by atomic mass is 10.1. The Morgan fingerprint density at radius 2 is 1.19 bits per heavy atom. The molecule has 1 saturated heterocycles. The van der Waals surface area contributed by atoms with E-state index in [1.807, 2.05) is 0 Å². The molecule has 2 heterocycles. The molecule has 0 atom stereocenters. The molecule has 1 aromatic heterocycles. The molecule has 0 bridgehead atoms. The largest absolute Gasteiger partial charge is 0.352 e. The van der Waals surface area contributed by atoms with E-state index in [2.05, 4.69) is 42.6 Å². The highest BCUT2D eigenvalue weighted by molar-refractivity contribution is 5.48. The molecule has 31 heavy (non-hydrogen) atoms. The van der Waals surface area contributed by atoms with E-state index in [4.69, 9.17) is 0 Å². The van der Waals surface area contributed by atoms with Gasteiger partial charge in [0, 0.05) is 38.6 Å². The highest BCUT2D eigenvalue weighted by atomic mass is 16.1. The molecule has 0 saturated carbocycles. The number of carbonyl (C=O) groups excluding carboxylic acids is 1. The Morgan fingerprint density at radius 3 is 1.55 bits per heavy atom. The summed E-state index contributed by atoms with van der Waals surface area (Å²) in [6, 6.07) is 0. The number of carbonyl (C=O) groups is 1. The normalized spacial score (nSPS) is 13.0. The molecule has 0 N–H and O–H groups in total. The number of amides is 1. The first-order valence-corrected chi connectivity index (χ1v) is 12.9. The van der Waals surface area contributed by atoms with Crippen molar-refractivity contribution in [2.45, 2.75) is 111 Å². The number of unbranched alkanes of at least 4 members (excludes halogenated alkanes) is 11. The van der Waals surface area contributed by atoms with Crippen LogP contribution in [0, 0.1) is 0 Å². The van der Waals surface area contributed by atoms with Gasteiger partial charge < -0.3 is 9.80 Å². The number of rotatable bonds is 13. The highest BCUT2D eigenvalue weighted by Gasteiger charge is 2.16. The molecule has 0 radical (unpaired) electrons. The first kappa shape index (κ1) is 29.4. The van der Waals surface area contributed by atoms with Gasteiger partial charge >= 0.3 is 0 Å². The third kappa shape index (κ3) is 17.7. The lowest BCUT2D eigenvalue weighted by Gasteiger charge is -2.32. The van der Waals surface area contributed by atoms with Crippen LogP contribution in [0.2, 0.25) is 0 Å². The van der Waals surface area contributed by atoms with Gasteiger partial charge in [-0.15, -0.1) is 0 Å². The summed E-state index contributed by atoms with van der Waals surface area (Å²) in [4.78, 5) is 22.6. The molecule has 0 spiro atoms. The Bertz CT molecular complexity index is 464. The fourth-order valence-electron chi connectivity index (χ4n) is 3.43.